The first-order valence-corrected chi connectivity index (χ1v) is 7.85. The van der Waals surface area contributed by atoms with Crippen LogP contribution >= 0.6 is 0 Å². The van der Waals surface area contributed by atoms with E-state index in [9.17, 15) is 30.6 Å². The molecule has 4 unspecified atom stereocenters. The molecule has 0 aliphatic carbocycles. The summed E-state index contributed by atoms with van der Waals surface area (Å²) in [6.07, 6.45) is -12.2. The zero-order valence-electron chi connectivity index (χ0n) is 13.9. The second kappa shape index (κ2) is 8.97. The van der Waals surface area contributed by atoms with Gasteiger partial charge in [0.2, 0.25) is 0 Å². The van der Waals surface area contributed by atoms with Crippen LogP contribution in [-0.4, -0.2) is 119 Å². The van der Waals surface area contributed by atoms with Gasteiger partial charge in [-0.25, -0.2) is 0 Å². The minimum atomic E-state index is -1.42. The van der Waals surface area contributed by atoms with Crippen LogP contribution in [-0.2, 0) is 23.7 Å². The second-order valence-electron chi connectivity index (χ2n) is 5.99. The molecule has 2 aliphatic rings. The lowest BCUT2D eigenvalue weighted by molar-refractivity contribution is -0.210. The van der Waals surface area contributed by atoms with Gasteiger partial charge in [0.15, 0.2) is 12.6 Å². The monoisotopic (exact) mass is 370 g/mol. The third-order valence-corrected chi connectivity index (χ3v) is 4.41. The summed E-state index contributed by atoms with van der Waals surface area (Å²) >= 11 is 0. The molecular weight excluding hydrogens is 344 g/mol. The normalized spacial score (nSPS) is 44.2. The summed E-state index contributed by atoms with van der Waals surface area (Å²) in [5.74, 6) is 0. The fraction of sp³-hybridized carbons (Fsp3) is 1.00. The molecule has 6 N–H and O–H groups in total. The lowest BCUT2D eigenvalue weighted by Crippen LogP contribution is -2.43. The highest BCUT2D eigenvalue weighted by Gasteiger charge is 2.49. The number of rotatable bonds is 8. The van der Waals surface area contributed by atoms with Crippen molar-refractivity contribution in [2.75, 3.05) is 27.4 Å². The van der Waals surface area contributed by atoms with Crippen LogP contribution in [0.3, 0.4) is 0 Å². The SMILES string of the molecule is CO[C@@H]1O[C@@H]([C@H](O)CO[C@@H]2O[C@@H]([C@@H](CO)OC)C(O)C2O)C(O)C1O. The van der Waals surface area contributed by atoms with Gasteiger partial charge >= 0.3 is 0 Å². The van der Waals surface area contributed by atoms with E-state index in [-0.39, 0.29) is 0 Å². The van der Waals surface area contributed by atoms with E-state index >= 15 is 0 Å². The molecule has 0 bridgehead atoms. The first-order chi connectivity index (χ1) is 11.8. The summed E-state index contributed by atoms with van der Waals surface area (Å²) in [6.45, 7) is -0.846. The van der Waals surface area contributed by atoms with Gasteiger partial charge < -0.3 is 54.3 Å². The highest BCUT2D eigenvalue weighted by atomic mass is 16.7. The minimum absolute atomic E-state index is 0.414. The van der Waals surface area contributed by atoms with Crippen molar-refractivity contribution < 1.29 is 54.3 Å². The molecule has 2 saturated heterocycles. The third-order valence-electron chi connectivity index (χ3n) is 4.41. The fourth-order valence-corrected chi connectivity index (χ4v) is 2.90. The molecule has 0 aromatic heterocycles. The zero-order chi connectivity index (χ0) is 18.7. The lowest BCUT2D eigenvalue weighted by atomic mass is 10.1. The second-order valence-corrected chi connectivity index (χ2v) is 5.99. The number of aliphatic hydroxyl groups is 6. The number of aliphatic hydroxyl groups excluding tert-OH is 6. The topological polar surface area (TPSA) is 168 Å². The quantitative estimate of drug-likeness (QED) is 0.246. The molecule has 148 valence electrons. The van der Waals surface area contributed by atoms with Crippen molar-refractivity contribution in [1.82, 2.24) is 0 Å². The van der Waals surface area contributed by atoms with Crippen molar-refractivity contribution in [3.63, 3.8) is 0 Å². The maximum absolute atomic E-state index is 10.1. The Morgan fingerprint density at radius 2 is 1.44 bits per heavy atom. The Bertz CT molecular complexity index is 406. The highest BCUT2D eigenvalue weighted by Crippen LogP contribution is 2.28. The Labute approximate surface area is 144 Å². The molecule has 0 radical (unpaired) electrons. The summed E-state index contributed by atoms with van der Waals surface area (Å²) in [5, 5.41) is 58.7. The highest BCUT2D eigenvalue weighted by molar-refractivity contribution is 4.93. The van der Waals surface area contributed by atoms with Crippen molar-refractivity contribution in [1.29, 1.82) is 0 Å². The van der Waals surface area contributed by atoms with E-state index in [1.54, 1.807) is 0 Å². The fourth-order valence-electron chi connectivity index (χ4n) is 2.90. The molecule has 0 amide bonds. The van der Waals surface area contributed by atoms with Crippen LogP contribution in [0.1, 0.15) is 0 Å². The first kappa shape index (κ1) is 20.9. The molecule has 2 heterocycles. The molecule has 0 aromatic carbocycles. The first-order valence-electron chi connectivity index (χ1n) is 7.85. The summed E-state index contributed by atoms with van der Waals surface area (Å²) in [4.78, 5) is 0. The van der Waals surface area contributed by atoms with Crippen LogP contribution in [0.4, 0.5) is 0 Å². The zero-order valence-corrected chi connectivity index (χ0v) is 13.9. The van der Waals surface area contributed by atoms with Gasteiger partial charge in [-0.1, -0.05) is 0 Å². The molecule has 0 spiro atoms. The van der Waals surface area contributed by atoms with Crippen LogP contribution in [0, 0.1) is 0 Å². The average molecular weight is 370 g/mol. The Kier molecular flexibility index (Phi) is 7.49. The maximum atomic E-state index is 10.1. The molecule has 2 aliphatic heterocycles. The molecule has 0 aromatic rings. The molecule has 11 heteroatoms. The smallest absolute Gasteiger partial charge is 0.186 e. The van der Waals surface area contributed by atoms with Crippen LogP contribution in [0.25, 0.3) is 0 Å². The number of hydrogen-bond donors (Lipinski definition) is 6. The van der Waals surface area contributed by atoms with Crippen molar-refractivity contribution in [3.8, 4) is 0 Å². The Balaban J connectivity index is 1.88. The molecule has 2 fully saturated rings. The van der Waals surface area contributed by atoms with Crippen molar-refractivity contribution in [2.45, 2.75) is 61.4 Å². The lowest BCUT2D eigenvalue weighted by Gasteiger charge is -2.24. The van der Waals surface area contributed by atoms with Crippen molar-refractivity contribution in [3.05, 3.63) is 0 Å². The number of methoxy groups -OCH3 is 2. The molecule has 11 nitrogen and oxygen atoms in total. The van der Waals surface area contributed by atoms with E-state index in [4.69, 9.17) is 23.7 Å². The third kappa shape index (κ3) is 4.28. The Hall–Kier alpha value is -0.440. The number of hydrogen-bond acceptors (Lipinski definition) is 11. The van der Waals surface area contributed by atoms with Gasteiger partial charge in [0.25, 0.3) is 0 Å². The molecule has 0 saturated carbocycles. The van der Waals surface area contributed by atoms with Crippen LogP contribution in [0.2, 0.25) is 0 Å². The Morgan fingerprint density at radius 1 is 0.880 bits per heavy atom. The van der Waals surface area contributed by atoms with E-state index in [0.29, 0.717) is 0 Å². The van der Waals surface area contributed by atoms with Gasteiger partial charge in [0.1, 0.15) is 48.8 Å². The van der Waals surface area contributed by atoms with Gasteiger partial charge in [0, 0.05) is 14.2 Å². The molecule has 10 atom stereocenters. The summed E-state index contributed by atoms with van der Waals surface area (Å²) in [6, 6.07) is 0. The summed E-state index contributed by atoms with van der Waals surface area (Å²) in [7, 11) is 2.60. The molecule has 25 heavy (non-hydrogen) atoms. The van der Waals surface area contributed by atoms with E-state index in [1.807, 2.05) is 0 Å². The van der Waals surface area contributed by atoms with Crippen LogP contribution < -0.4 is 0 Å². The maximum Gasteiger partial charge on any atom is 0.186 e. The van der Waals surface area contributed by atoms with Gasteiger partial charge in [-0.15, -0.1) is 0 Å². The van der Waals surface area contributed by atoms with Crippen molar-refractivity contribution in [2.24, 2.45) is 0 Å². The standard InChI is InChI=1S/C14H26O11/c1-21-6(3-15)12-8(18)10(20)14(25-12)23-4-5(16)11-7(17)9(19)13(22-2)24-11/h5-20H,3-4H2,1-2H3/t5-,6-,7?,8?,9?,10?,11+,12+,13-,14-/m1/s1. The minimum Gasteiger partial charge on any atom is -0.394 e. The van der Waals surface area contributed by atoms with E-state index < -0.39 is 74.6 Å². The molecular formula is C14H26O11. The van der Waals surface area contributed by atoms with Gasteiger partial charge in [0.05, 0.1) is 13.2 Å². The van der Waals surface area contributed by atoms with Gasteiger partial charge in [-0.3, -0.25) is 0 Å². The molecule has 2 rings (SSSR count). The summed E-state index contributed by atoms with van der Waals surface area (Å²) in [5.41, 5.74) is 0. The number of ether oxygens (including phenoxy) is 5. The van der Waals surface area contributed by atoms with E-state index in [2.05, 4.69) is 0 Å². The van der Waals surface area contributed by atoms with E-state index in [1.165, 1.54) is 14.2 Å². The van der Waals surface area contributed by atoms with Gasteiger partial charge in [-0.2, -0.15) is 0 Å². The predicted octanol–water partition coefficient (Wildman–Crippen LogP) is -4.09. The summed E-state index contributed by atoms with van der Waals surface area (Å²) < 4.78 is 25.6. The van der Waals surface area contributed by atoms with Crippen LogP contribution in [0.15, 0.2) is 0 Å². The van der Waals surface area contributed by atoms with Crippen molar-refractivity contribution >= 4 is 0 Å². The average Bonchev–Trinajstić information content (AvgIpc) is 3.05. The Morgan fingerprint density at radius 3 is 1.96 bits per heavy atom. The van der Waals surface area contributed by atoms with Crippen LogP contribution in [0.5, 0.6) is 0 Å². The predicted molar refractivity (Wildman–Crippen MR) is 78.2 cm³/mol. The largest absolute Gasteiger partial charge is 0.394 e. The van der Waals surface area contributed by atoms with Gasteiger partial charge in [-0.05, 0) is 0 Å². The van der Waals surface area contributed by atoms with E-state index in [0.717, 1.165) is 0 Å².